The summed E-state index contributed by atoms with van der Waals surface area (Å²) in [5.74, 6) is 5.36. The van der Waals surface area contributed by atoms with Crippen molar-refractivity contribution in [2.24, 2.45) is 5.84 Å². The van der Waals surface area contributed by atoms with Crippen LogP contribution in [-0.2, 0) is 6.54 Å². The molecule has 0 radical (unpaired) electrons. The minimum absolute atomic E-state index is 0.178. The lowest BCUT2D eigenvalue weighted by Crippen LogP contribution is -2.30. The zero-order chi connectivity index (χ0) is 13.7. The van der Waals surface area contributed by atoms with Crippen LogP contribution in [0, 0.1) is 3.57 Å². The summed E-state index contributed by atoms with van der Waals surface area (Å²) in [5.41, 5.74) is 2.17. The quantitative estimate of drug-likeness (QED) is 0.346. The first kappa shape index (κ1) is 13.7. The molecule has 0 aliphatic rings. The Balaban J connectivity index is 1.88. The van der Waals surface area contributed by atoms with Crippen LogP contribution in [0.3, 0.4) is 0 Å². The van der Waals surface area contributed by atoms with Gasteiger partial charge in [0.1, 0.15) is 12.4 Å². The number of nitrogens with two attached hydrogens (primary N) is 1. The molecule has 2 aromatic rings. The van der Waals surface area contributed by atoms with Crippen LogP contribution >= 0.6 is 22.6 Å². The van der Waals surface area contributed by atoms with Crippen molar-refractivity contribution in [2.45, 2.75) is 6.54 Å². The Labute approximate surface area is 123 Å². The maximum Gasteiger partial charge on any atom is 0.287 e. The van der Waals surface area contributed by atoms with Crippen molar-refractivity contribution in [1.29, 1.82) is 0 Å². The number of hydrazine groups is 1. The Morgan fingerprint density at radius 2 is 2.26 bits per heavy atom. The standard InChI is InChI=1S/C11H12IN5O2/c12-8-3-1-2-4-10(8)19-6-5-17-7-9(15-16-17)11(18)14-13/h1-4,7H,5-6,13H2,(H,14,18). The summed E-state index contributed by atoms with van der Waals surface area (Å²) in [5, 5.41) is 7.50. The molecule has 8 heteroatoms. The van der Waals surface area contributed by atoms with Crippen LogP contribution in [0.1, 0.15) is 10.5 Å². The number of carbonyl (C=O) groups is 1. The highest BCUT2D eigenvalue weighted by molar-refractivity contribution is 14.1. The molecule has 1 aromatic heterocycles. The van der Waals surface area contributed by atoms with Crippen LogP contribution in [-0.4, -0.2) is 27.5 Å². The number of nitrogens with zero attached hydrogens (tertiary/aromatic N) is 3. The summed E-state index contributed by atoms with van der Waals surface area (Å²) in [6.07, 6.45) is 1.52. The van der Waals surface area contributed by atoms with Crippen LogP contribution < -0.4 is 16.0 Å². The predicted octanol–water partition coefficient (Wildman–Crippen LogP) is 0.565. The number of hydrogen-bond acceptors (Lipinski definition) is 5. The number of nitrogen functional groups attached to an aromatic ring is 1. The molecule has 0 bridgehead atoms. The molecule has 1 amide bonds. The fourth-order valence-corrected chi connectivity index (χ4v) is 1.94. The smallest absolute Gasteiger partial charge is 0.287 e. The molecule has 3 N–H and O–H groups in total. The van der Waals surface area contributed by atoms with Crippen LogP contribution in [0.2, 0.25) is 0 Å². The maximum atomic E-state index is 11.2. The number of rotatable bonds is 5. The van der Waals surface area contributed by atoms with Gasteiger partial charge in [-0.15, -0.1) is 5.10 Å². The van der Waals surface area contributed by atoms with Gasteiger partial charge >= 0.3 is 0 Å². The normalized spacial score (nSPS) is 10.2. The van der Waals surface area contributed by atoms with Gasteiger partial charge in [0.2, 0.25) is 0 Å². The Kier molecular flexibility index (Phi) is 4.68. The van der Waals surface area contributed by atoms with E-state index in [1.54, 1.807) is 0 Å². The van der Waals surface area contributed by atoms with Crippen molar-refractivity contribution in [3.8, 4) is 5.75 Å². The number of hydrogen-bond donors (Lipinski definition) is 2. The van der Waals surface area contributed by atoms with E-state index in [4.69, 9.17) is 10.6 Å². The van der Waals surface area contributed by atoms with Gasteiger partial charge in [-0.1, -0.05) is 17.3 Å². The minimum atomic E-state index is -0.468. The zero-order valence-corrected chi connectivity index (χ0v) is 12.1. The Bertz CT molecular complexity index is 572. The van der Waals surface area contributed by atoms with Crippen LogP contribution in [0.5, 0.6) is 5.75 Å². The number of para-hydroxylation sites is 1. The molecular formula is C11H12IN5O2. The molecule has 0 fully saturated rings. The van der Waals surface area contributed by atoms with Gasteiger partial charge in [0.05, 0.1) is 16.3 Å². The first-order valence-corrected chi connectivity index (χ1v) is 6.57. The number of halogens is 1. The van der Waals surface area contributed by atoms with Gasteiger partial charge in [0, 0.05) is 0 Å². The third-order valence-electron chi connectivity index (χ3n) is 2.32. The lowest BCUT2D eigenvalue weighted by atomic mass is 10.3. The number of benzene rings is 1. The molecule has 0 atom stereocenters. The van der Waals surface area contributed by atoms with Crippen molar-refractivity contribution >= 4 is 28.5 Å². The number of ether oxygens (including phenoxy) is 1. The monoisotopic (exact) mass is 373 g/mol. The molecule has 0 aliphatic carbocycles. The summed E-state index contributed by atoms with van der Waals surface area (Å²) in [6.45, 7) is 0.933. The van der Waals surface area contributed by atoms with Gasteiger partial charge in [0.15, 0.2) is 5.69 Å². The highest BCUT2D eigenvalue weighted by Gasteiger charge is 2.08. The SMILES string of the molecule is NNC(=O)c1cn(CCOc2ccccc2I)nn1. The zero-order valence-electron chi connectivity index (χ0n) is 9.91. The van der Waals surface area contributed by atoms with Gasteiger partial charge in [-0.05, 0) is 34.7 Å². The summed E-state index contributed by atoms with van der Waals surface area (Å²) in [7, 11) is 0. The van der Waals surface area contributed by atoms with Crippen LogP contribution in [0.25, 0.3) is 0 Å². The molecule has 7 nitrogen and oxygen atoms in total. The van der Waals surface area contributed by atoms with Gasteiger partial charge in [-0.2, -0.15) is 0 Å². The predicted molar refractivity (Wildman–Crippen MR) is 76.3 cm³/mol. The Hall–Kier alpha value is -1.68. The second kappa shape index (κ2) is 6.48. The fourth-order valence-electron chi connectivity index (χ4n) is 1.40. The summed E-state index contributed by atoms with van der Waals surface area (Å²) in [6, 6.07) is 7.73. The molecular weight excluding hydrogens is 361 g/mol. The highest BCUT2D eigenvalue weighted by atomic mass is 127. The molecule has 0 aliphatic heterocycles. The first-order valence-electron chi connectivity index (χ1n) is 5.49. The van der Waals surface area contributed by atoms with E-state index in [9.17, 15) is 4.79 Å². The molecule has 0 saturated carbocycles. The number of carbonyl (C=O) groups excluding carboxylic acids is 1. The Morgan fingerprint density at radius 3 is 3.00 bits per heavy atom. The number of aromatic nitrogens is 3. The molecule has 0 unspecified atom stereocenters. The van der Waals surface area contributed by atoms with Crippen LogP contribution in [0.15, 0.2) is 30.5 Å². The summed E-state index contributed by atoms with van der Waals surface area (Å²) in [4.78, 5) is 11.2. The summed E-state index contributed by atoms with van der Waals surface area (Å²) < 4.78 is 8.19. The van der Waals surface area contributed by atoms with Crippen molar-refractivity contribution < 1.29 is 9.53 Å². The van der Waals surface area contributed by atoms with Gasteiger partial charge < -0.3 is 4.74 Å². The van der Waals surface area contributed by atoms with E-state index in [0.717, 1.165) is 9.32 Å². The molecule has 1 aromatic carbocycles. The largest absolute Gasteiger partial charge is 0.491 e. The fraction of sp³-hybridized carbons (Fsp3) is 0.182. The average Bonchev–Trinajstić information content (AvgIpc) is 2.89. The van der Waals surface area contributed by atoms with E-state index in [1.165, 1.54) is 10.9 Å². The third-order valence-corrected chi connectivity index (χ3v) is 3.21. The van der Waals surface area contributed by atoms with Crippen molar-refractivity contribution in [2.75, 3.05) is 6.61 Å². The molecule has 0 saturated heterocycles. The van der Waals surface area contributed by atoms with Gasteiger partial charge in [-0.25, -0.2) is 10.5 Å². The van der Waals surface area contributed by atoms with E-state index < -0.39 is 5.91 Å². The van der Waals surface area contributed by atoms with Crippen molar-refractivity contribution in [1.82, 2.24) is 20.4 Å². The number of amides is 1. The second-order valence-corrected chi connectivity index (χ2v) is 4.78. The second-order valence-electron chi connectivity index (χ2n) is 3.62. The van der Waals surface area contributed by atoms with E-state index >= 15 is 0 Å². The number of nitrogens with one attached hydrogen (secondary N) is 1. The van der Waals surface area contributed by atoms with E-state index in [1.807, 2.05) is 29.7 Å². The van der Waals surface area contributed by atoms with E-state index in [-0.39, 0.29) is 5.69 Å². The summed E-state index contributed by atoms with van der Waals surface area (Å²) >= 11 is 2.21. The average molecular weight is 373 g/mol. The van der Waals surface area contributed by atoms with Gasteiger partial charge in [0.25, 0.3) is 5.91 Å². The molecule has 0 spiro atoms. The van der Waals surface area contributed by atoms with Crippen LogP contribution in [0.4, 0.5) is 0 Å². The Morgan fingerprint density at radius 1 is 1.47 bits per heavy atom. The first-order chi connectivity index (χ1) is 9.20. The highest BCUT2D eigenvalue weighted by Crippen LogP contribution is 2.19. The minimum Gasteiger partial charge on any atom is -0.491 e. The lowest BCUT2D eigenvalue weighted by molar-refractivity contribution is 0.0948. The molecule has 1 heterocycles. The van der Waals surface area contributed by atoms with Crippen molar-refractivity contribution in [3.63, 3.8) is 0 Å². The van der Waals surface area contributed by atoms with E-state index in [0.29, 0.717) is 13.2 Å². The lowest BCUT2D eigenvalue weighted by Gasteiger charge is -2.07. The van der Waals surface area contributed by atoms with E-state index in [2.05, 4.69) is 32.9 Å². The maximum absolute atomic E-state index is 11.2. The topological polar surface area (TPSA) is 95.1 Å². The molecule has 2 rings (SSSR count). The molecule has 19 heavy (non-hydrogen) atoms. The van der Waals surface area contributed by atoms with Crippen molar-refractivity contribution in [3.05, 3.63) is 39.7 Å². The third kappa shape index (κ3) is 3.64. The van der Waals surface area contributed by atoms with Gasteiger partial charge in [-0.3, -0.25) is 10.2 Å². The molecule has 100 valence electrons.